The van der Waals surface area contributed by atoms with E-state index in [1.807, 2.05) is 20.8 Å². The van der Waals surface area contributed by atoms with Gasteiger partial charge in [0, 0.05) is 5.41 Å². The fourth-order valence-corrected chi connectivity index (χ4v) is 1.97. The molecule has 2 rings (SSSR count). The predicted molar refractivity (Wildman–Crippen MR) is 50.1 cm³/mol. The van der Waals surface area contributed by atoms with Crippen molar-refractivity contribution in [3.63, 3.8) is 0 Å². The molecule has 1 atom stereocenters. The van der Waals surface area contributed by atoms with E-state index in [2.05, 4.69) is 6.58 Å². The number of carbonyl (C=O) groups excluding carboxylic acids is 1. The molecule has 0 heterocycles. The second kappa shape index (κ2) is 2.17. The van der Waals surface area contributed by atoms with Crippen LogP contribution in [0.3, 0.4) is 0 Å². The molecular formula is C11H16O2. The molecule has 0 radical (unpaired) electrons. The van der Waals surface area contributed by atoms with E-state index in [0.29, 0.717) is 0 Å². The molecule has 0 aromatic heterocycles. The quantitative estimate of drug-likeness (QED) is 0.457. The maximum atomic E-state index is 11.6. The van der Waals surface area contributed by atoms with E-state index < -0.39 is 0 Å². The summed E-state index contributed by atoms with van der Waals surface area (Å²) in [6.45, 7) is 9.61. The first-order chi connectivity index (χ1) is 5.87. The van der Waals surface area contributed by atoms with E-state index in [0.717, 1.165) is 18.4 Å². The number of hydrogen-bond donors (Lipinski definition) is 0. The van der Waals surface area contributed by atoms with Crippen LogP contribution < -0.4 is 0 Å². The van der Waals surface area contributed by atoms with Crippen molar-refractivity contribution < 1.29 is 9.53 Å². The van der Waals surface area contributed by atoms with Gasteiger partial charge in [-0.25, -0.2) is 0 Å². The highest BCUT2D eigenvalue weighted by atomic mass is 16.6. The zero-order valence-electron chi connectivity index (χ0n) is 8.52. The third-order valence-corrected chi connectivity index (χ3v) is 2.89. The van der Waals surface area contributed by atoms with Crippen LogP contribution in [0.15, 0.2) is 12.2 Å². The van der Waals surface area contributed by atoms with Gasteiger partial charge in [-0.3, -0.25) is 4.79 Å². The van der Waals surface area contributed by atoms with Crippen molar-refractivity contribution in [2.45, 2.75) is 39.2 Å². The van der Waals surface area contributed by atoms with Gasteiger partial charge in [0.15, 0.2) is 0 Å². The lowest BCUT2D eigenvalue weighted by molar-refractivity contribution is -0.156. The van der Waals surface area contributed by atoms with Gasteiger partial charge in [0.2, 0.25) is 0 Å². The lowest BCUT2D eigenvalue weighted by Gasteiger charge is -2.19. The third kappa shape index (κ3) is 1.28. The van der Waals surface area contributed by atoms with Gasteiger partial charge in [-0.2, -0.15) is 0 Å². The maximum absolute atomic E-state index is 11.6. The summed E-state index contributed by atoms with van der Waals surface area (Å²) in [5.41, 5.74) is 0.931. The van der Waals surface area contributed by atoms with Crippen molar-refractivity contribution in [3.8, 4) is 0 Å². The van der Waals surface area contributed by atoms with Gasteiger partial charge in [0.1, 0.15) is 5.60 Å². The predicted octanol–water partition coefficient (Wildman–Crippen LogP) is 2.29. The Morgan fingerprint density at radius 2 is 2.08 bits per heavy atom. The average Bonchev–Trinajstić information content (AvgIpc) is 2.73. The molecule has 1 spiro atoms. The minimum atomic E-state index is -0.365. The first-order valence-corrected chi connectivity index (χ1v) is 4.79. The van der Waals surface area contributed by atoms with Crippen LogP contribution >= 0.6 is 0 Å². The highest BCUT2D eigenvalue weighted by molar-refractivity contribution is 5.85. The minimum Gasteiger partial charge on any atom is -0.459 e. The molecule has 2 heteroatoms. The fraction of sp³-hybridized carbons (Fsp3) is 0.727. The molecule has 13 heavy (non-hydrogen) atoms. The summed E-state index contributed by atoms with van der Waals surface area (Å²) in [6.07, 6.45) is 2.27. The van der Waals surface area contributed by atoms with Gasteiger partial charge >= 0.3 is 5.97 Å². The van der Waals surface area contributed by atoms with Crippen LogP contribution in [0.4, 0.5) is 0 Å². The van der Waals surface area contributed by atoms with E-state index in [9.17, 15) is 4.79 Å². The summed E-state index contributed by atoms with van der Waals surface area (Å²) in [7, 11) is 0. The Morgan fingerprint density at radius 3 is 2.38 bits per heavy atom. The summed E-state index contributed by atoms with van der Waals surface area (Å²) in [5.74, 6) is -0.0540. The number of rotatable bonds is 1. The Balaban J connectivity index is 1.97. The number of ether oxygens (including phenoxy) is 1. The van der Waals surface area contributed by atoms with Gasteiger partial charge in [-0.05, 0) is 33.6 Å². The third-order valence-electron chi connectivity index (χ3n) is 2.89. The second-order valence-electron chi connectivity index (χ2n) is 5.15. The molecule has 2 nitrogen and oxygen atoms in total. The standard InChI is InChI=1S/C11H16O2/c1-7-8(11(7)5-6-11)9(12)13-10(2,3)4/h8H,1,5-6H2,2-4H3. The summed E-state index contributed by atoms with van der Waals surface area (Å²) < 4.78 is 5.31. The summed E-state index contributed by atoms with van der Waals surface area (Å²) in [6, 6.07) is 0. The molecule has 0 N–H and O–H groups in total. The van der Waals surface area contributed by atoms with Crippen LogP contribution in [0, 0.1) is 11.3 Å². The zero-order valence-corrected chi connectivity index (χ0v) is 8.52. The first kappa shape index (κ1) is 8.79. The largest absolute Gasteiger partial charge is 0.459 e. The maximum Gasteiger partial charge on any atom is 0.314 e. The van der Waals surface area contributed by atoms with Gasteiger partial charge in [0.05, 0.1) is 5.92 Å². The molecule has 0 bridgehead atoms. The molecule has 2 aliphatic carbocycles. The second-order valence-corrected chi connectivity index (χ2v) is 5.15. The minimum absolute atomic E-state index is 0.0201. The van der Waals surface area contributed by atoms with E-state index in [1.165, 1.54) is 0 Å². The van der Waals surface area contributed by atoms with Gasteiger partial charge in [0.25, 0.3) is 0 Å². The van der Waals surface area contributed by atoms with Crippen molar-refractivity contribution >= 4 is 5.97 Å². The van der Waals surface area contributed by atoms with Crippen LogP contribution in [-0.2, 0) is 9.53 Å². The molecule has 2 saturated carbocycles. The summed E-state index contributed by atoms with van der Waals surface area (Å²) in [5, 5.41) is 0. The van der Waals surface area contributed by atoms with Gasteiger partial charge in [-0.1, -0.05) is 12.2 Å². The Labute approximate surface area is 79.0 Å². The van der Waals surface area contributed by atoms with E-state index in [-0.39, 0.29) is 22.9 Å². The SMILES string of the molecule is C=C1C(C(=O)OC(C)(C)C)C12CC2. The molecule has 2 aliphatic rings. The van der Waals surface area contributed by atoms with E-state index in [4.69, 9.17) is 4.74 Å². The lowest BCUT2D eigenvalue weighted by Crippen LogP contribution is -2.25. The van der Waals surface area contributed by atoms with Crippen LogP contribution in [0.1, 0.15) is 33.6 Å². The monoisotopic (exact) mass is 180 g/mol. The lowest BCUT2D eigenvalue weighted by atomic mass is 10.2. The molecule has 0 aliphatic heterocycles. The van der Waals surface area contributed by atoms with Crippen LogP contribution in [0.5, 0.6) is 0 Å². The van der Waals surface area contributed by atoms with Gasteiger partial charge in [-0.15, -0.1) is 0 Å². The molecule has 2 fully saturated rings. The topological polar surface area (TPSA) is 26.3 Å². The Bertz CT molecular complexity index is 279. The highest BCUT2D eigenvalue weighted by Crippen LogP contribution is 2.74. The smallest absolute Gasteiger partial charge is 0.314 e. The normalized spacial score (nSPS) is 28.8. The Kier molecular flexibility index (Phi) is 1.47. The molecule has 1 unspecified atom stereocenters. The van der Waals surface area contributed by atoms with Crippen LogP contribution in [0.2, 0.25) is 0 Å². The van der Waals surface area contributed by atoms with Crippen LogP contribution in [0.25, 0.3) is 0 Å². The van der Waals surface area contributed by atoms with Crippen molar-refractivity contribution in [3.05, 3.63) is 12.2 Å². The molecule has 72 valence electrons. The summed E-state index contributed by atoms with van der Waals surface area (Å²) in [4.78, 5) is 11.6. The zero-order chi connectivity index (χ0) is 9.85. The molecule has 0 amide bonds. The Hall–Kier alpha value is -0.790. The van der Waals surface area contributed by atoms with Crippen molar-refractivity contribution in [1.82, 2.24) is 0 Å². The molecule has 0 aromatic carbocycles. The average molecular weight is 180 g/mol. The van der Waals surface area contributed by atoms with E-state index in [1.54, 1.807) is 0 Å². The fourth-order valence-electron chi connectivity index (χ4n) is 1.97. The van der Waals surface area contributed by atoms with Crippen molar-refractivity contribution in [2.75, 3.05) is 0 Å². The Morgan fingerprint density at radius 1 is 1.54 bits per heavy atom. The molecule has 0 saturated heterocycles. The molecular weight excluding hydrogens is 164 g/mol. The van der Waals surface area contributed by atoms with Crippen molar-refractivity contribution in [1.29, 1.82) is 0 Å². The summed E-state index contributed by atoms with van der Waals surface area (Å²) >= 11 is 0. The highest BCUT2D eigenvalue weighted by Gasteiger charge is 2.70. The first-order valence-electron chi connectivity index (χ1n) is 4.79. The van der Waals surface area contributed by atoms with E-state index >= 15 is 0 Å². The molecule has 0 aromatic rings. The van der Waals surface area contributed by atoms with Crippen molar-refractivity contribution in [2.24, 2.45) is 11.3 Å². The number of esters is 1. The number of carbonyl (C=O) groups is 1. The van der Waals surface area contributed by atoms with Gasteiger partial charge < -0.3 is 4.74 Å². The number of hydrogen-bond acceptors (Lipinski definition) is 2. The van der Waals surface area contributed by atoms with Crippen LogP contribution in [-0.4, -0.2) is 11.6 Å².